The Bertz CT molecular complexity index is 145. The molecule has 0 bridgehead atoms. The molecule has 1 aliphatic rings. The van der Waals surface area contributed by atoms with Crippen molar-refractivity contribution in [3.8, 4) is 0 Å². The van der Waals surface area contributed by atoms with Crippen molar-refractivity contribution >= 4 is 28.6 Å². The van der Waals surface area contributed by atoms with Crippen LogP contribution >= 0.6 is 23.4 Å². The first-order valence-corrected chi connectivity index (χ1v) is 4.75. The van der Waals surface area contributed by atoms with E-state index in [0.29, 0.717) is 5.75 Å². The minimum absolute atomic E-state index is 0.389. The number of hydrogen-bond donors (Lipinski definition) is 1. The molecule has 1 unspecified atom stereocenters. The summed E-state index contributed by atoms with van der Waals surface area (Å²) in [6.45, 7) is 0. The number of carbonyl (C=O) groups excluding carboxylic acids is 1. The van der Waals surface area contributed by atoms with Crippen LogP contribution in [0, 0.1) is 0 Å². The fourth-order valence-electron chi connectivity index (χ4n) is 0.971. The van der Waals surface area contributed by atoms with Crippen LogP contribution in [0.15, 0.2) is 0 Å². The van der Waals surface area contributed by atoms with E-state index in [-0.39, 0.29) is 5.24 Å². The normalized spacial score (nSPS) is 33.8. The maximum absolute atomic E-state index is 10.7. The van der Waals surface area contributed by atoms with Gasteiger partial charge in [0.1, 0.15) is 0 Å². The van der Waals surface area contributed by atoms with Crippen LogP contribution in [0.25, 0.3) is 0 Å². The minimum Gasteiger partial charge on any atom is -0.317 e. The van der Waals surface area contributed by atoms with Gasteiger partial charge in [-0.05, 0) is 30.2 Å². The highest BCUT2D eigenvalue weighted by Crippen LogP contribution is 2.26. The molecule has 1 saturated heterocycles. The number of nitrogens with two attached hydrogens (primary N) is 1. The Kier molecular flexibility index (Phi) is 2.61. The molecular formula is C6H10ClNOS. The molecule has 10 heavy (non-hydrogen) atoms. The van der Waals surface area contributed by atoms with Gasteiger partial charge in [-0.2, -0.15) is 11.8 Å². The van der Waals surface area contributed by atoms with Crippen molar-refractivity contribution in [3.63, 3.8) is 0 Å². The zero-order valence-electron chi connectivity index (χ0n) is 5.60. The molecule has 1 fully saturated rings. The molecule has 0 amide bonds. The Morgan fingerprint density at radius 3 is 2.70 bits per heavy atom. The zero-order chi connectivity index (χ0) is 7.61. The lowest BCUT2D eigenvalue weighted by Crippen LogP contribution is -2.49. The van der Waals surface area contributed by atoms with E-state index in [4.69, 9.17) is 17.3 Å². The maximum atomic E-state index is 10.7. The van der Waals surface area contributed by atoms with Gasteiger partial charge in [-0.3, -0.25) is 4.79 Å². The zero-order valence-corrected chi connectivity index (χ0v) is 7.17. The summed E-state index contributed by atoms with van der Waals surface area (Å²) in [5.74, 6) is 1.78. The highest BCUT2D eigenvalue weighted by atomic mass is 35.5. The van der Waals surface area contributed by atoms with E-state index in [9.17, 15) is 4.79 Å². The fourth-order valence-corrected chi connectivity index (χ4v) is 2.34. The van der Waals surface area contributed by atoms with Crippen molar-refractivity contribution in [2.75, 3.05) is 11.5 Å². The van der Waals surface area contributed by atoms with Gasteiger partial charge in [-0.25, -0.2) is 0 Å². The third-order valence-corrected chi connectivity index (χ3v) is 3.34. The molecule has 0 aromatic heterocycles. The monoisotopic (exact) mass is 179 g/mol. The third-order valence-electron chi connectivity index (χ3n) is 1.66. The summed E-state index contributed by atoms with van der Waals surface area (Å²) in [6.07, 6.45) is 1.74. The highest BCUT2D eigenvalue weighted by molar-refractivity contribution is 7.99. The number of thioether (sulfide) groups is 1. The Morgan fingerprint density at radius 1 is 1.70 bits per heavy atom. The van der Waals surface area contributed by atoms with Crippen LogP contribution in [-0.2, 0) is 4.79 Å². The van der Waals surface area contributed by atoms with Gasteiger partial charge in [-0.1, -0.05) is 0 Å². The second-order valence-corrected chi connectivity index (χ2v) is 4.03. The number of halogens is 1. The van der Waals surface area contributed by atoms with Gasteiger partial charge >= 0.3 is 0 Å². The predicted molar refractivity (Wildman–Crippen MR) is 44.3 cm³/mol. The van der Waals surface area contributed by atoms with E-state index in [2.05, 4.69) is 0 Å². The van der Waals surface area contributed by atoms with E-state index in [1.54, 1.807) is 11.8 Å². The SMILES string of the molecule is NC1(C(=O)Cl)CCCSC1. The van der Waals surface area contributed by atoms with Crippen molar-refractivity contribution in [2.45, 2.75) is 18.4 Å². The Labute approximate surface area is 69.5 Å². The molecule has 0 saturated carbocycles. The van der Waals surface area contributed by atoms with Crippen molar-refractivity contribution in [3.05, 3.63) is 0 Å². The van der Waals surface area contributed by atoms with E-state index in [1.807, 2.05) is 0 Å². The maximum Gasteiger partial charge on any atom is 0.242 e. The molecule has 2 N–H and O–H groups in total. The van der Waals surface area contributed by atoms with E-state index < -0.39 is 5.54 Å². The Morgan fingerprint density at radius 2 is 2.40 bits per heavy atom. The summed E-state index contributed by atoms with van der Waals surface area (Å²) in [5.41, 5.74) is 4.97. The molecule has 1 rings (SSSR count). The number of hydrogen-bond acceptors (Lipinski definition) is 3. The van der Waals surface area contributed by atoms with Gasteiger partial charge in [0.15, 0.2) is 0 Å². The van der Waals surface area contributed by atoms with Gasteiger partial charge in [0, 0.05) is 5.75 Å². The Balaban J connectivity index is 2.56. The summed E-state index contributed by atoms with van der Waals surface area (Å²) in [5, 5.41) is -0.389. The van der Waals surface area contributed by atoms with Gasteiger partial charge in [0.05, 0.1) is 5.54 Å². The summed E-state index contributed by atoms with van der Waals surface area (Å²) in [6, 6.07) is 0. The summed E-state index contributed by atoms with van der Waals surface area (Å²) in [4.78, 5) is 10.7. The van der Waals surface area contributed by atoms with Crippen molar-refractivity contribution < 1.29 is 4.79 Å². The molecule has 0 aromatic rings. The van der Waals surface area contributed by atoms with E-state index >= 15 is 0 Å². The third kappa shape index (κ3) is 1.65. The number of rotatable bonds is 1. The molecule has 1 heterocycles. The summed E-state index contributed by atoms with van der Waals surface area (Å²) in [7, 11) is 0. The van der Waals surface area contributed by atoms with Gasteiger partial charge in [0.2, 0.25) is 5.24 Å². The molecule has 1 aliphatic heterocycles. The van der Waals surface area contributed by atoms with E-state index in [0.717, 1.165) is 18.6 Å². The molecule has 4 heteroatoms. The van der Waals surface area contributed by atoms with Crippen LogP contribution in [0.2, 0.25) is 0 Å². The predicted octanol–water partition coefficient (Wildman–Crippen LogP) is 0.976. The first-order chi connectivity index (χ1) is 4.65. The van der Waals surface area contributed by atoms with Gasteiger partial charge in [-0.15, -0.1) is 0 Å². The molecule has 0 aromatic carbocycles. The molecule has 0 aliphatic carbocycles. The average Bonchev–Trinajstić information content (AvgIpc) is 1.89. The summed E-state index contributed by atoms with van der Waals surface area (Å²) < 4.78 is 0. The molecule has 0 radical (unpaired) electrons. The van der Waals surface area contributed by atoms with E-state index in [1.165, 1.54) is 0 Å². The van der Waals surface area contributed by atoms with Crippen LogP contribution in [0.4, 0.5) is 0 Å². The molecule has 58 valence electrons. The van der Waals surface area contributed by atoms with Crippen LogP contribution in [-0.4, -0.2) is 22.3 Å². The van der Waals surface area contributed by atoms with Crippen molar-refractivity contribution in [1.82, 2.24) is 0 Å². The quantitative estimate of drug-likeness (QED) is 0.611. The first-order valence-electron chi connectivity index (χ1n) is 3.22. The smallest absolute Gasteiger partial charge is 0.242 e. The molecule has 2 nitrogen and oxygen atoms in total. The average molecular weight is 180 g/mol. The minimum atomic E-state index is -0.732. The highest BCUT2D eigenvalue weighted by Gasteiger charge is 2.34. The lowest BCUT2D eigenvalue weighted by molar-refractivity contribution is -0.115. The molecular weight excluding hydrogens is 170 g/mol. The standard InChI is InChI=1S/C6H10ClNOS/c7-5(9)6(8)2-1-3-10-4-6/h1-4,8H2. The topological polar surface area (TPSA) is 43.1 Å². The first kappa shape index (κ1) is 8.37. The van der Waals surface area contributed by atoms with Crippen LogP contribution < -0.4 is 5.73 Å². The molecule has 1 atom stereocenters. The van der Waals surface area contributed by atoms with Crippen LogP contribution in [0.1, 0.15) is 12.8 Å². The molecule has 0 spiro atoms. The van der Waals surface area contributed by atoms with Crippen LogP contribution in [0.3, 0.4) is 0 Å². The number of carbonyl (C=O) groups is 1. The lowest BCUT2D eigenvalue weighted by atomic mass is 9.99. The second-order valence-electron chi connectivity index (χ2n) is 2.59. The summed E-state index contributed by atoms with van der Waals surface area (Å²) >= 11 is 7.02. The lowest BCUT2D eigenvalue weighted by Gasteiger charge is -2.28. The second kappa shape index (κ2) is 3.11. The van der Waals surface area contributed by atoms with Crippen molar-refractivity contribution in [2.24, 2.45) is 5.73 Å². The largest absolute Gasteiger partial charge is 0.317 e. The van der Waals surface area contributed by atoms with Gasteiger partial charge < -0.3 is 5.73 Å². The Hall–Kier alpha value is 0.270. The fraction of sp³-hybridized carbons (Fsp3) is 0.833. The van der Waals surface area contributed by atoms with Crippen LogP contribution in [0.5, 0.6) is 0 Å². The van der Waals surface area contributed by atoms with Gasteiger partial charge in [0.25, 0.3) is 0 Å². The van der Waals surface area contributed by atoms with Crippen molar-refractivity contribution in [1.29, 1.82) is 0 Å².